The van der Waals surface area contributed by atoms with Gasteiger partial charge >= 0.3 is 6.03 Å². The summed E-state index contributed by atoms with van der Waals surface area (Å²) in [6.07, 6.45) is 0. The maximum atomic E-state index is 11.7. The summed E-state index contributed by atoms with van der Waals surface area (Å²) in [5, 5.41) is 11.6. The quantitative estimate of drug-likeness (QED) is 0.733. The fraction of sp³-hybridized carbons (Fsp3) is 0.500. The number of aliphatic hydroxyl groups excluding tert-OH is 1. The van der Waals surface area contributed by atoms with Crippen LogP contribution in [0.15, 0.2) is 24.3 Å². The van der Waals surface area contributed by atoms with E-state index in [4.69, 9.17) is 9.84 Å². The summed E-state index contributed by atoms with van der Waals surface area (Å²) in [7, 11) is 0. The normalized spacial score (nSPS) is 10.1. The number of aryl methyl sites for hydroxylation is 1. The van der Waals surface area contributed by atoms with Gasteiger partial charge in [-0.25, -0.2) is 4.79 Å². The van der Waals surface area contributed by atoms with Gasteiger partial charge in [-0.05, 0) is 25.5 Å². The first-order valence-electron chi connectivity index (χ1n) is 6.51. The Hall–Kier alpha value is -1.75. The van der Waals surface area contributed by atoms with Crippen molar-refractivity contribution < 1.29 is 14.6 Å². The van der Waals surface area contributed by atoms with Crippen molar-refractivity contribution in [2.24, 2.45) is 0 Å². The van der Waals surface area contributed by atoms with Gasteiger partial charge in [-0.15, -0.1) is 0 Å². The van der Waals surface area contributed by atoms with Gasteiger partial charge in [0.2, 0.25) is 0 Å². The number of nitrogens with zero attached hydrogens (tertiary/aromatic N) is 1. The van der Waals surface area contributed by atoms with Crippen LogP contribution in [0.1, 0.15) is 12.5 Å². The molecule has 1 aromatic rings. The molecule has 0 saturated carbocycles. The molecule has 0 aromatic heterocycles. The Morgan fingerprint density at radius 3 is 2.79 bits per heavy atom. The Morgan fingerprint density at radius 2 is 2.16 bits per heavy atom. The van der Waals surface area contributed by atoms with Gasteiger partial charge in [0.1, 0.15) is 12.4 Å². The van der Waals surface area contributed by atoms with E-state index in [0.29, 0.717) is 26.2 Å². The summed E-state index contributed by atoms with van der Waals surface area (Å²) in [5.41, 5.74) is 1.07. The number of aliphatic hydroxyl groups is 1. The minimum atomic E-state index is -0.176. The molecule has 2 amide bonds. The number of ether oxygens (including phenoxy) is 1. The highest BCUT2D eigenvalue weighted by atomic mass is 16.5. The van der Waals surface area contributed by atoms with Gasteiger partial charge in [0.25, 0.3) is 0 Å². The number of nitrogens with one attached hydrogen (secondary N) is 1. The first-order valence-corrected chi connectivity index (χ1v) is 6.51. The zero-order chi connectivity index (χ0) is 14.1. The van der Waals surface area contributed by atoms with E-state index < -0.39 is 0 Å². The zero-order valence-electron chi connectivity index (χ0n) is 11.6. The maximum Gasteiger partial charge on any atom is 0.317 e. The Kier molecular flexibility index (Phi) is 6.74. The predicted octanol–water partition coefficient (Wildman–Crippen LogP) is 1.40. The summed E-state index contributed by atoms with van der Waals surface area (Å²) in [4.78, 5) is 13.2. The molecule has 0 aliphatic heterocycles. The Morgan fingerprint density at radius 1 is 1.42 bits per heavy atom. The highest BCUT2D eigenvalue weighted by molar-refractivity contribution is 5.74. The summed E-state index contributed by atoms with van der Waals surface area (Å²) >= 11 is 0. The minimum absolute atomic E-state index is 0.0268. The molecule has 5 nitrogen and oxygen atoms in total. The van der Waals surface area contributed by atoms with Crippen molar-refractivity contribution in [2.45, 2.75) is 13.8 Å². The molecule has 0 bridgehead atoms. The van der Waals surface area contributed by atoms with Crippen LogP contribution in [0.5, 0.6) is 5.75 Å². The van der Waals surface area contributed by atoms with Crippen molar-refractivity contribution >= 4 is 6.03 Å². The Balaban J connectivity index is 2.27. The number of rotatable bonds is 7. The molecule has 0 aliphatic rings. The lowest BCUT2D eigenvalue weighted by atomic mass is 10.2. The van der Waals surface area contributed by atoms with Crippen LogP contribution in [0.4, 0.5) is 4.79 Å². The molecule has 0 unspecified atom stereocenters. The van der Waals surface area contributed by atoms with Crippen molar-refractivity contribution in [3.63, 3.8) is 0 Å². The second-order valence-corrected chi connectivity index (χ2v) is 4.15. The summed E-state index contributed by atoms with van der Waals surface area (Å²) in [6, 6.07) is 7.58. The van der Waals surface area contributed by atoms with Crippen molar-refractivity contribution in [3.8, 4) is 5.75 Å². The molecule has 19 heavy (non-hydrogen) atoms. The first kappa shape index (κ1) is 15.3. The molecular weight excluding hydrogens is 244 g/mol. The highest BCUT2D eigenvalue weighted by Gasteiger charge is 2.09. The van der Waals surface area contributed by atoms with Crippen LogP contribution in [-0.4, -0.2) is 48.9 Å². The summed E-state index contributed by atoms with van der Waals surface area (Å²) < 4.78 is 5.58. The number of carbonyl (C=O) groups excluding carboxylic acids is 1. The molecule has 0 atom stereocenters. The van der Waals surface area contributed by atoms with Gasteiger partial charge in [-0.3, -0.25) is 0 Å². The fourth-order valence-corrected chi connectivity index (χ4v) is 1.67. The van der Waals surface area contributed by atoms with Gasteiger partial charge in [0.15, 0.2) is 0 Å². The third-order valence-corrected chi connectivity index (χ3v) is 2.77. The van der Waals surface area contributed by atoms with E-state index in [1.807, 2.05) is 38.1 Å². The molecule has 5 heteroatoms. The number of urea groups is 1. The molecule has 106 valence electrons. The van der Waals surface area contributed by atoms with Crippen molar-refractivity contribution in [1.29, 1.82) is 0 Å². The van der Waals surface area contributed by atoms with E-state index >= 15 is 0 Å². The van der Waals surface area contributed by atoms with E-state index in [1.165, 1.54) is 0 Å². The smallest absolute Gasteiger partial charge is 0.317 e. The zero-order valence-corrected chi connectivity index (χ0v) is 11.6. The second-order valence-electron chi connectivity index (χ2n) is 4.15. The lowest BCUT2D eigenvalue weighted by Gasteiger charge is -2.20. The SMILES string of the molecule is CCN(CCO)C(=O)NCCOc1ccccc1C. The average Bonchev–Trinajstić information content (AvgIpc) is 2.42. The third kappa shape index (κ3) is 5.18. The molecular formula is C14H22N2O3. The van der Waals surface area contributed by atoms with Crippen LogP contribution in [-0.2, 0) is 0 Å². The van der Waals surface area contributed by atoms with Crippen LogP contribution in [0.3, 0.4) is 0 Å². The number of para-hydroxylation sites is 1. The number of likely N-dealkylation sites (N-methyl/N-ethyl adjacent to an activating group) is 1. The molecule has 0 spiro atoms. The predicted molar refractivity (Wildman–Crippen MR) is 74.4 cm³/mol. The molecule has 1 rings (SSSR count). The number of hydrogen-bond donors (Lipinski definition) is 2. The molecule has 0 radical (unpaired) electrons. The van der Waals surface area contributed by atoms with Crippen molar-refractivity contribution in [1.82, 2.24) is 10.2 Å². The van der Waals surface area contributed by atoms with Crippen LogP contribution in [0.25, 0.3) is 0 Å². The van der Waals surface area contributed by atoms with Crippen molar-refractivity contribution in [3.05, 3.63) is 29.8 Å². The molecule has 0 saturated heterocycles. The van der Waals surface area contributed by atoms with Crippen LogP contribution >= 0.6 is 0 Å². The number of carbonyl (C=O) groups is 1. The van der Waals surface area contributed by atoms with E-state index in [9.17, 15) is 4.79 Å². The van der Waals surface area contributed by atoms with Crippen molar-refractivity contribution in [2.75, 3.05) is 32.8 Å². The van der Waals surface area contributed by atoms with E-state index in [1.54, 1.807) is 4.90 Å². The van der Waals surface area contributed by atoms with Crippen LogP contribution in [0, 0.1) is 6.92 Å². The lowest BCUT2D eigenvalue weighted by Crippen LogP contribution is -2.42. The second kappa shape index (κ2) is 8.37. The van der Waals surface area contributed by atoms with E-state index in [0.717, 1.165) is 11.3 Å². The van der Waals surface area contributed by atoms with Crippen LogP contribution in [0.2, 0.25) is 0 Å². The van der Waals surface area contributed by atoms with E-state index in [2.05, 4.69) is 5.32 Å². The molecule has 0 heterocycles. The van der Waals surface area contributed by atoms with Gasteiger partial charge in [-0.2, -0.15) is 0 Å². The summed E-state index contributed by atoms with van der Waals surface area (Å²) in [5.74, 6) is 0.833. The molecule has 0 fully saturated rings. The van der Waals surface area contributed by atoms with Gasteiger partial charge in [0, 0.05) is 13.1 Å². The molecule has 2 N–H and O–H groups in total. The first-order chi connectivity index (χ1) is 9.19. The fourth-order valence-electron chi connectivity index (χ4n) is 1.67. The van der Waals surface area contributed by atoms with Gasteiger partial charge in [-0.1, -0.05) is 18.2 Å². The molecule has 0 aliphatic carbocycles. The summed E-state index contributed by atoms with van der Waals surface area (Å²) in [6.45, 7) is 5.61. The number of amides is 2. The Labute approximate surface area is 114 Å². The lowest BCUT2D eigenvalue weighted by molar-refractivity contribution is 0.178. The highest BCUT2D eigenvalue weighted by Crippen LogP contribution is 2.15. The minimum Gasteiger partial charge on any atom is -0.491 e. The van der Waals surface area contributed by atoms with Gasteiger partial charge in [0.05, 0.1) is 13.2 Å². The van der Waals surface area contributed by atoms with Gasteiger partial charge < -0.3 is 20.1 Å². The average molecular weight is 266 g/mol. The third-order valence-electron chi connectivity index (χ3n) is 2.77. The largest absolute Gasteiger partial charge is 0.491 e. The topological polar surface area (TPSA) is 61.8 Å². The number of benzene rings is 1. The monoisotopic (exact) mass is 266 g/mol. The molecule has 1 aromatic carbocycles. The van der Waals surface area contributed by atoms with E-state index in [-0.39, 0.29) is 12.6 Å². The Bertz CT molecular complexity index is 396. The number of hydrogen-bond acceptors (Lipinski definition) is 3. The standard InChI is InChI=1S/C14H22N2O3/c1-3-16(9-10-17)14(18)15-8-11-19-13-7-5-4-6-12(13)2/h4-7,17H,3,8-11H2,1-2H3,(H,15,18). The van der Waals surface area contributed by atoms with Crippen LogP contribution < -0.4 is 10.1 Å². The maximum absolute atomic E-state index is 11.7.